The summed E-state index contributed by atoms with van der Waals surface area (Å²) in [7, 11) is -3.63. The number of carbonyl (C=O) groups excluding carboxylic acids is 1. The molecule has 1 saturated carbocycles. The molecule has 0 N–H and O–H groups in total. The minimum Gasteiger partial charge on any atom is -0.338 e. The molecule has 0 radical (unpaired) electrons. The Bertz CT molecular complexity index is 1010. The first kappa shape index (κ1) is 20.1. The van der Waals surface area contributed by atoms with Gasteiger partial charge in [0.1, 0.15) is 11.2 Å². The van der Waals surface area contributed by atoms with Crippen molar-refractivity contribution in [2.24, 2.45) is 5.92 Å². The molecule has 1 fully saturated rings. The molecule has 1 aromatic carbocycles. The molecule has 0 atom stereocenters. The number of unbranched alkanes of at least 4 members (excludes halogenated alkanes) is 1. The number of benzene rings is 1. The van der Waals surface area contributed by atoms with Crippen molar-refractivity contribution >= 4 is 15.9 Å². The Morgan fingerprint density at radius 3 is 2.69 bits per heavy atom. The zero-order valence-electron chi connectivity index (χ0n) is 17.0. The van der Waals surface area contributed by atoms with Crippen LogP contribution in [0.3, 0.4) is 0 Å². The van der Waals surface area contributed by atoms with Gasteiger partial charge in [0.05, 0.1) is 17.9 Å². The Hall–Kier alpha value is -2.19. The van der Waals surface area contributed by atoms with Crippen molar-refractivity contribution in [1.29, 1.82) is 0 Å². The first-order valence-corrected chi connectivity index (χ1v) is 11.9. The number of amides is 1. The summed E-state index contributed by atoms with van der Waals surface area (Å²) in [6.07, 6.45) is 5.64. The van der Waals surface area contributed by atoms with Crippen LogP contribution in [0.15, 0.2) is 35.5 Å². The topological polar surface area (TPSA) is 75.5 Å². The molecular weight excluding hydrogens is 388 g/mol. The van der Waals surface area contributed by atoms with E-state index in [2.05, 4.69) is 11.9 Å². The van der Waals surface area contributed by atoms with Crippen molar-refractivity contribution in [2.45, 2.75) is 51.0 Å². The van der Waals surface area contributed by atoms with E-state index in [4.69, 9.17) is 0 Å². The maximum atomic E-state index is 13.4. The van der Waals surface area contributed by atoms with Gasteiger partial charge in [-0.3, -0.25) is 9.36 Å². The normalized spacial score (nSPS) is 18.0. The summed E-state index contributed by atoms with van der Waals surface area (Å²) in [5, 5.41) is 0. The summed E-state index contributed by atoms with van der Waals surface area (Å²) in [5.74, 6) is 0.278. The quantitative estimate of drug-likeness (QED) is 0.695. The van der Waals surface area contributed by atoms with Crippen molar-refractivity contribution < 1.29 is 13.2 Å². The summed E-state index contributed by atoms with van der Waals surface area (Å²) in [6, 6.07) is 6.97. The first-order valence-electron chi connectivity index (χ1n) is 10.4. The van der Waals surface area contributed by atoms with Crippen molar-refractivity contribution in [3.63, 3.8) is 0 Å². The number of aromatic nitrogens is 2. The molecule has 2 aromatic rings. The van der Waals surface area contributed by atoms with Gasteiger partial charge in [-0.1, -0.05) is 25.5 Å². The summed E-state index contributed by atoms with van der Waals surface area (Å²) >= 11 is 0. The lowest BCUT2D eigenvalue weighted by atomic mass is 10.2. The van der Waals surface area contributed by atoms with Crippen molar-refractivity contribution in [3.8, 4) is 5.69 Å². The van der Waals surface area contributed by atoms with Crippen molar-refractivity contribution in [3.05, 3.63) is 42.0 Å². The zero-order valence-corrected chi connectivity index (χ0v) is 17.9. The second-order valence-electron chi connectivity index (χ2n) is 7.86. The highest BCUT2D eigenvalue weighted by molar-refractivity contribution is 7.89. The van der Waals surface area contributed by atoms with Crippen LogP contribution >= 0.6 is 0 Å². The molecule has 0 unspecified atom stereocenters. The maximum Gasteiger partial charge on any atom is 0.274 e. The lowest BCUT2D eigenvalue weighted by Gasteiger charge is -2.22. The van der Waals surface area contributed by atoms with Crippen LogP contribution < -0.4 is 0 Å². The van der Waals surface area contributed by atoms with Crippen LogP contribution in [-0.4, -0.2) is 52.7 Å². The zero-order chi connectivity index (χ0) is 20.6. The molecule has 0 bridgehead atoms. The number of hydrogen-bond donors (Lipinski definition) is 0. The highest BCUT2D eigenvalue weighted by Crippen LogP contribution is 2.36. The average molecular weight is 417 g/mol. The molecule has 8 heteroatoms. The number of rotatable bonds is 7. The van der Waals surface area contributed by atoms with Crippen LogP contribution in [0.5, 0.6) is 0 Å². The SMILES string of the molecule is CCCCN(CC)C(=O)c1ncn2c1CN(CC1CC1)S(=O)(=O)c1ccccc1-2. The Balaban J connectivity index is 1.79. The highest BCUT2D eigenvalue weighted by atomic mass is 32.2. The van der Waals surface area contributed by atoms with Crippen LogP contribution in [-0.2, 0) is 16.6 Å². The average Bonchev–Trinajstić information content (AvgIpc) is 3.46. The van der Waals surface area contributed by atoms with Crippen LogP contribution in [0.1, 0.15) is 55.7 Å². The number of imidazole rings is 1. The van der Waals surface area contributed by atoms with E-state index in [0.29, 0.717) is 42.6 Å². The number of fused-ring (bicyclic) bond motifs is 3. The molecule has 2 aliphatic rings. The molecule has 156 valence electrons. The molecule has 0 spiro atoms. The van der Waals surface area contributed by atoms with E-state index in [9.17, 15) is 13.2 Å². The Morgan fingerprint density at radius 2 is 2.00 bits per heavy atom. The lowest BCUT2D eigenvalue weighted by Crippen LogP contribution is -2.35. The van der Waals surface area contributed by atoms with E-state index in [1.165, 1.54) is 4.31 Å². The number of carbonyl (C=O) groups is 1. The van der Waals surface area contributed by atoms with Crippen molar-refractivity contribution in [2.75, 3.05) is 19.6 Å². The van der Waals surface area contributed by atoms with Gasteiger partial charge in [-0.15, -0.1) is 0 Å². The third-order valence-corrected chi connectivity index (χ3v) is 7.61. The largest absolute Gasteiger partial charge is 0.338 e. The van der Waals surface area contributed by atoms with Gasteiger partial charge in [0, 0.05) is 19.6 Å². The van der Waals surface area contributed by atoms with E-state index in [0.717, 1.165) is 25.7 Å². The van der Waals surface area contributed by atoms with E-state index < -0.39 is 10.0 Å². The van der Waals surface area contributed by atoms with Gasteiger partial charge in [-0.05, 0) is 44.2 Å². The van der Waals surface area contributed by atoms with Gasteiger partial charge in [0.15, 0.2) is 5.69 Å². The predicted molar refractivity (Wildman–Crippen MR) is 110 cm³/mol. The molecule has 29 heavy (non-hydrogen) atoms. The van der Waals surface area contributed by atoms with E-state index in [1.54, 1.807) is 34.0 Å². The highest BCUT2D eigenvalue weighted by Gasteiger charge is 2.38. The molecule has 1 aliphatic carbocycles. The number of para-hydroxylation sites is 1. The minimum absolute atomic E-state index is 0.127. The molecule has 1 aromatic heterocycles. The number of nitrogens with zero attached hydrogens (tertiary/aromatic N) is 4. The number of hydrogen-bond acceptors (Lipinski definition) is 4. The smallest absolute Gasteiger partial charge is 0.274 e. The number of sulfonamides is 1. The van der Waals surface area contributed by atoms with Crippen LogP contribution in [0.25, 0.3) is 5.69 Å². The summed E-state index contributed by atoms with van der Waals surface area (Å²) in [4.78, 5) is 19.7. The summed E-state index contributed by atoms with van der Waals surface area (Å²) in [6.45, 7) is 5.99. The van der Waals surface area contributed by atoms with E-state index in [1.807, 2.05) is 13.0 Å². The van der Waals surface area contributed by atoms with Crippen LogP contribution in [0.4, 0.5) is 0 Å². The maximum absolute atomic E-state index is 13.4. The fourth-order valence-electron chi connectivity index (χ4n) is 3.83. The van der Waals surface area contributed by atoms with Gasteiger partial charge in [-0.25, -0.2) is 13.4 Å². The van der Waals surface area contributed by atoms with Gasteiger partial charge < -0.3 is 4.90 Å². The molecule has 2 heterocycles. The minimum atomic E-state index is -3.63. The third kappa shape index (κ3) is 3.71. The van der Waals surface area contributed by atoms with E-state index >= 15 is 0 Å². The summed E-state index contributed by atoms with van der Waals surface area (Å²) < 4.78 is 30.0. The van der Waals surface area contributed by atoms with Crippen molar-refractivity contribution in [1.82, 2.24) is 18.8 Å². The monoisotopic (exact) mass is 416 g/mol. The van der Waals surface area contributed by atoms with Gasteiger partial charge in [0.2, 0.25) is 10.0 Å². The molecule has 1 aliphatic heterocycles. The Kier molecular flexibility index (Phi) is 5.48. The Morgan fingerprint density at radius 1 is 1.24 bits per heavy atom. The molecular formula is C21H28N4O3S. The second-order valence-corrected chi connectivity index (χ2v) is 9.76. The fourth-order valence-corrected chi connectivity index (χ4v) is 5.49. The fraction of sp³-hybridized carbons (Fsp3) is 0.524. The third-order valence-electron chi connectivity index (χ3n) is 5.75. The second kappa shape index (κ2) is 7.91. The standard InChI is InChI=1S/C21H28N4O3S/c1-3-5-12-23(4-2)21(26)20-18-14-24(13-16-10-11-16)29(27,28)19-9-7-6-8-17(19)25(18)15-22-20/h6-9,15-16H,3-5,10-14H2,1-2H3. The molecule has 1 amide bonds. The predicted octanol–water partition coefficient (Wildman–Crippen LogP) is 3.05. The van der Waals surface area contributed by atoms with Crippen LogP contribution in [0.2, 0.25) is 0 Å². The van der Waals surface area contributed by atoms with Gasteiger partial charge in [-0.2, -0.15) is 4.31 Å². The first-order chi connectivity index (χ1) is 14.0. The van der Waals surface area contributed by atoms with Gasteiger partial charge >= 0.3 is 0 Å². The van der Waals surface area contributed by atoms with Gasteiger partial charge in [0.25, 0.3) is 5.91 Å². The van der Waals surface area contributed by atoms with E-state index in [-0.39, 0.29) is 17.3 Å². The molecule has 7 nitrogen and oxygen atoms in total. The Labute approximate surface area is 172 Å². The summed E-state index contributed by atoms with van der Waals surface area (Å²) in [5.41, 5.74) is 1.57. The molecule has 0 saturated heterocycles. The van der Waals surface area contributed by atoms with Crippen LogP contribution in [0, 0.1) is 5.92 Å². The lowest BCUT2D eigenvalue weighted by molar-refractivity contribution is 0.0755. The molecule has 4 rings (SSSR count).